The molecule has 15 heavy (non-hydrogen) atoms. The second-order valence-electron chi connectivity index (χ2n) is 3.71. The summed E-state index contributed by atoms with van der Waals surface area (Å²) in [5, 5.41) is 4.73. The van der Waals surface area contributed by atoms with Crippen LogP contribution in [0.5, 0.6) is 0 Å². The summed E-state index contributed by atoms with van der Waals surface area (Å²) in [5.74, 6) is 1.10. The molecule has 1 aromatic rings. The van der Waals surface area contributed by atoms with Crippen LogP contribution in [0.2, 0.25) is 0 Å². The van der Waals surface area contributed by atoms with Crippen LogP contribution in [-0.2, 0) is 0 Å². The number of rotatable bonds is 1. The highest BCUT2D eigenvalue weighted by Crippen LogP contribution is 2.50. The first kappa shape index (κ1) is 9.43. The summed E-state index contributed by atoms with van der Waals surface area (Å²) in [6.07, 6.45) is 2.23. The zero-order valence-electron chi connectivity index (χ0n) is 8.55. The first-order chi connectivity index (χ1) is 7.34. The zero-order chi connectivity index (χ0) is 10.3. The van der Waals surface area contributed by atoms with Gasteiger partial charge in [0.05, 0.1) is 11.6 Å². The Morgan fingerprint density at radius 2 is 2.20 bits per heavy atom. The Kier molecular flexibility index (Phi) is 2.29. The fraction of sp³-hybridized carbons (Fsp3) is 0.167. The van der Waals surface area contributed by atoms with E-state index in [1.165, 1.54) is 16.2 Å². The predicted molar refractivity (Wildman–Crippen MR) is 71.5 cm³/mol. The van der Waals surface area contributed by atoms with Crippen molar-refractivity contribution in [1.82, 2.24) is 0 Å². The molecule has 2 aliphatic heterocycles. The fourth-order valence-electron chi connectivity index (χ4n) is 1.82. The van der Waals surface area contributed by atoms with E-state index in [0.717, 1.165) is 5.88 Å². The Morgan fingerprint density at radius 1 is 1.33 bits per heavy atom. The second kappa shape index (κ2) is 3.65. The molecule has 0 saturated carbocycles. The van der Waals surface area contributed by atoms with Gasteiger partial charge in [-0.05, 0) is 35.4 Å². The molecule has 1 aromatic carbocycles. The molecule has 0 radical (unpaired) electrons. The van der Waals surface area contributed by atoms with Gasteiger partial charge in [0.2, 0.25) is 0 Å². The monoisotopic (exact) mass is 235 g/mol. The van der Waals surface area contributed by atoms with Crippen LogP contribution in [0.3, 0.4) is 0 Å². The number of anilines is 1. The third-order valence-corrected chi connectivity index (χ3v) is 5.87. The van der Waals surface area contributed by atoms with Crippen molar-refractivity contribution in [3.63, 3.8) is 0 Å². The average molecular weight is 235 g/mol. The van der Waals surface area contributed by atoms with Gasteiger partial charge in [-0.15, -0.1) is 22.8 Å². The van der Waals surface area contributed by atoms with E-state index in [4.69, 9.17) is 0 Å². The lowest BCUT2D eigenvalue weighted by molar-refractivity contribution is 1.31. The number of nitrogens with zero attached hydrogens (tertiary/aromatic N) is 1. The number of allylic oxidation sites excluding steroid dienone is 2. The largest absolute Gasteiger partial charge is 0.318 e. The number of hydrogen-bond donors (Lipinski definition) is 1. The summed E-state index contributed by atoms with van der Waals surface area (Å²) < 4.78 is 2.52. The minimum Gasteiger partial charge on any atom is -0.318 e. The number of para-hydroxylation sites is 1. The Morgan fingerprint density at radius 3 is 3.00 bits per heavy atom. The molecule has 0 N–H and O–H groups in total. The molecule has 0 aliphatic carbocycles. The van der Waals surface area contributed by atoms with Gasteiger partial charge in [0.1, 0.15) is 0 Å². The molecule has 0 amide bonds. The Labute approximate surface area is 97.3 Å². The standard InChI is InChI=1S/C12H13NS2/c1-10-6-7-15(8-10)13-9-14-12-5-3-2-4-11(12)13/h2-8,15H,9H2,1H3. The number of fused-ring (bicyclic) bond motifs is 1. The molecule has 3 rings (SSSR count). The van der Waals surface area contributed by atoms with E-state index in [1.807, 2.05) is 11.8 Å². The maximum atomic E-state index is 2.52. The van der Waals surface area contributed by atoms with Crippen LogP contribution in [0.1, 0.15) is 6.92 Å². The zero-order valence-corrected chi connectivity index (χ0v) is 10.3. The van der Waals surface area contributed by atoms with Gasteiger partial charge in [-0.3, -0.25) is 0 Å². The number of thioether (sulfide) groups is 1. The van der Waals surface area contributed by atoms with Crippen molar-refractivity contribution in [3.05, 3.63) is 46.7 Å². The molecule has 78 valence electrons. The van der Waals surface area contributed by atoms with Gasteiger partial charge in [-0.2, -0.15) is 0 Å². The van der Waals surface area contributed by atoms with E-state index in [9.17, 15) is 0 Å². The molecule has 0 fully saturated rings. The third kappa shape index (κ3) is 1.60. The first-order valence-corrected chi connectivity index (χ1v) is 7.41. The lowest BCUT2D eigenvalue weighted by Gasteiger charge is -2.26. The van der Waals surface area contributed by atoms with Gasteiger partial charge in [-0.25, -0.2) is 0 Å². The summed E-state index contributed by atoms with van der Waals surface area (Å²) in [7, 11) is 0. The normalized spacial score (nSPS) is 25.5. The van der Waals surface area contributed by atoms with Crippen LogP contribution < -0.4 is 4.31 Å². The highest BCUT2D eigenvalue weighted by molar-refractivity contribution is 8.24. The number of thiol groups is 1. The lowest BCUT2D eigenvalue weighted by Crippen LogP contribution is -2.11. The highest BCUT2D eigenvalue weighted by Gasteiger charge is 2.22. The molecule has 0 saturated heterocycles. The molecule has 2 heterocycles. The van der Waals surface area contributed by atoms with Crippen LogP contribution in [-0.4, -0.2) is 5.88 Å². The van der Waals surface area contributed by atoms with Gasteiger partial charge in [0.15, 0.2) is 0 Å². The Hall–Kier alpha value is -0.800. The second-order valence-corrected chi connectivity index (χ2v) is 6.50. The minimum absolute atomic E-state index is 0.202. The van der Waals surface area contributed by atoms with E-state index >= 15 is 0 Å². The maximum absolute atomic E-state index is 2.52. The van der Waals surface area contributed by atoms with Crippen LogP contribution in [0.4, 0.5) is 5.69 Å². The van der Waals surface area contributed by atoms with Gasteiger partial charge < -0.3 is 4.31 Å². The van der Waals surface area contributed by atoms with Gasteiger partial charge >= 0.3 is 0 Å². The molecule has 2 aliphatic rings. The Balaban J connectivity index is 1.95. The SMILES string of the molecule is CC1=C[SH](N2CSc3ccccc32)C=C1. The van der Waals surface area contributed by atoms with Crippen molar-refractivity contribution in [3.8, 4) is 0 Å². The number of benzene rings is 1. The van der Waals surface area contributed by atoms with Crippen molar-refractivity contribution in [2.75, 3.05) is 10.2 Å². The smallest absolute Gasteiger partial charge is 0.0785 e. The lowest BCUT2D eigenvalue weighted by atomic mass is 10.3. The first-order valence-electron chi connectivity index (χ1n) is 4.99. The molecule has 0 spiro atoms. The van der Waals surface area contributed by atoms with Gasteiger partial charge in [0.25, 0.3) is 0 Å². The van der Waals surface area contributed by atoms with E-state index < -0.39 is 0 Å². The molecule has 0 bridgehead atoms. The van der Waals surface area contributed by atoms with Crippen molar-refractivity contribution in [2.24, 2.45) is 0 Å². The maximum Gasteiger partial charge on any atom is 0.0785 e. The summed E-state index contributed by atoms with van der Waals surface area (Å²) in [6, 6.07) is 8.69. The molecule has 1 atom stereocenters. The van der Waals surface area contributed by atoms with Crippen molar-refractivity contribution in [1.29, 1.82) is 0 Å². The summed E-state index contributed by atoms with van der Waals surface area (Å²) in [6.45, 7) is 2.17. The van der Waals surface area contributed by atoms with E-state index in [0.29, 0.717) is 0 Å². The molecular weight excluding hydrogens is 222 g/mol. The van der Waals surface area contributed by atoms with E-state index in [2.05, 4.69) is 52.4 Å². The van der Waals surface area contributed by atoms with Crippen LogP contribution in [0.25, 0.3) is 0 Å². The third-order valence-electron chi connectivity index (χ3n) is 2.59. The molecule has 3 heteroatoms. The quantitative estimate of drug-likeness (QED) is 0.735. The van der Waals surface area contributed by atoms with E-state index in [1.54, 1.807) is 0 Å². The van der Waals surface area contributed by atoms with Crippen molar-refractivity contribution < 1.29 is 0 Å². The van der Waals surface area contributed by atoms with Gasteiger partial charge in [-0.1, -0.05) is 18.2 Å². The molecule has 1 nitrogen and oxygen atoms in total. The van der Waals surface area contributed by atoms with Crippen LogP contribution >= 0.6 is 22.8 Å². The molecule has 1 unspecified atom stereocenters. The number of hydrogen-bond acceptors (Lipinski definition) is 2. The van der Waals surface area contributed by atoms with Crippen molar-refractivity contribution >= 4 is 28.5 Å². The van der Waals surface area contributed by atoms with Gasteiger partial charge in [0, 0.05) is 4.90 Å². The van der Waals surface area contributed by atoms with Crippen LogP contribution in [0.15, 0.2) is 51.6 Å². The van der Waals surface area contributed by atoms with E-state index in [-0.39, 0.29) is 11.1 Å². The summed E-state index contributed by atoms with van der Waals surface area (Å²) >= 11 is 1.74. The topological polar surface area (TPSA) is 3.24 Å². The van der Waals surface area contributed by atoms with Crippen molar-refractivity contribution in [2.45, 2.75) is 11.8 Å². The fourth-order valence-corrected chi connectivity index (χ4v) is 5.20. The molecule has 0 aromatic heterocycles. The minimum atomic E-state index is -0.202. The molecular formula is C12H13NS2. The summed E-state index contributed by atoms with van der Waals surface area (Å²) in [4.78, 5) is 1.42. The predicted octanol–water partition coefficient (Wildman–Crippen LogP) is 3.90. The Bertz CT molecular complexity index is 451. The average Bonchev–Trinajstić information content (AvgIpc) is 2.83. The highest BCUT2D eigenvalue weighted by atomic mass is 32.2. The summed E-state index contributed by atoms with van der Waals surface area (Å²) in [5.41, 5.74) is 2.81. The van der Waals surface area contributed by atoms with Crippen LogP contribution in [0, 0.1) is 0 Å².